The number of ether oxygens (including phenoxy) is 1. The predicted octanol–water partition coefficient (Wildman–Crippen LogP) is 3.54. The quantitative estimate of drug-likeness (QED) is 0.732. The first kappa shape index (κ1) is 19.9. The summed E-state index contributed by atoms with van der Waals surface area (Å²) in [4.78, 5) is 39.5. The Morgan fingerprint density at radius 2 is 1.93 bits per heavy atom. The molecular formula is C20H25BrN2O4. The number of hydrogen-bond acceptors (Lipinski definition) is 4. The summed E-state index contributed by atoms with van der Waals surface area (Å²) in [7, 11) is 0. The third-order valence-electron chi connectivity index (χ3n) is 5.16. The van der Waals surface area contributed by atoms with Gasteiger partial charge in [0, 0.05) is 16.6 Å². The molecule has 1 saturated heterocycles. The number of rotatable bonds is 4. The molecule has 146 valence electrons. The van der Waals surface area contributed by atoms with Crippen LogP contribution >= 0.6 is 15.9 Å². The molecule has 1 aliphatic carbocycles. The zero-order valence-corrected chi connectivity index (χ0v) is 17.5. The third kappa shape index (κ3) is 4.18. The van der Waals surface area contributed by atoms with Crippen molar-refractivity contribution in [1.29, 1.82) is 0 Å². The van der Waals surface area contributed by atoms with Crippen molar-refractivity contribution in [3.63, 3.8) is 0 Å². The Morgan fingerprint density at radius 1 is 1.26 bits per heavy atom. The van der Waals surface area contributed by atoms with E-state index in [4.69, 9.17) is 4.74 Å². The molecule has 1 aliphatic heterocycles. The van der Waals surface area contributed by atoms with Crippen molar-refractivity contribution in [2.75, 3.05) is 13.1 Å². The average Bonchev–Trinajstić information content (AvgIpc) is 3.18. The number of carbonyl (C=O) groups is 3. The van der Waals surface area contributed by atoms with E-state index in [2.05, 4.69) is 21.2 Å². The number of benzene rings is 1. The summed E-state index contributed by atoms with van der Waals surface area (Å²) >= 11 is 3.33. The molecule has 2 fully saturated rings. The summed E-state index contributed by atoms with van der Waals surface area (Å²) in [5.41, 5.74) is -0.975. The largest absolute Gasteiger partial charge is 0.444 e. The standard InChI is InChI=1S/C20H25BrN2O4/c1-19(2,3)27-18(26)23-12-13-8-9-20(23,10-13)17(25)22-11-16(24)14-4-6-15(21)7-5-14/h4-7,13H,8-12H2,1-3H3,(H,22,25). The molecule has 2 atom stereocenters. The summed E-state index contributed by atoms with van der Waals surface area (Å²) < 4.78 is 6.38. The lowest BCUT2D eigenvalue weighted by Gasteiger charge is -2.38. The number of amides is 2. The number of Topliss-reactive ketones (excluding diaryl/α,β-unsaturated/α-hetero) is 1. The first-order chi connectivity index (χ1) is 12.6. The SMILES string of the molecule is CC(C)(C)OC(=O)N1CC2CCC1(C(=O)NCC(=O)c1ccc(Br)cc1)C2. The molecule has 2 bridgehead atoms. The first-order valence-corrected chi connectivity index (χ1v) is 9.98. The van der Waals surface area contributed by atoms with E-state index >= 15 is 0 Å². The van der Waals surface area contributed by atoms with Gasteiger partial charge in [0.25, 0.3) is 0 Å². The lowest BCUT2D eigenvalue weighted by atomic mass is 9.95. The number of ketones is 1. The molecule has 27 heavy (non-hydrogen) atoms. The van der Waals surface area contributed by atoms with E-state index in [9.17, 15) is 14.4 Å². The van der Waals surface area contributed by atoms with Gasteiger partial charge < -0.3 is 10.1 Å². The number of carbonyl (C=O) groups excluding carboxylic acids is 3. The van der Waals surface area contributed by atoms with E-state index in [-0.39, 0.29) is 18.2 Å². The molecule has 0 radical (unpaired) electrons. The van der Waals surface area contributed by atoms with Gasteiger partial charge in [-0.3, -0.25) is 14.5 Å². The summed E-state index contributed by atoms with van der Waals surface area (Å²) in [6.45, 7) is 5.87. The molecule has 2 aliphatic rings. The Hall–Kier alpha value is -1.89. The number of nitrogens with one attached hydrogen (secondary N) is 1. The molecule has 0 spiro atoms. The minimum Gasteiger partial charge on any atom is -0.444 e. The van der Waals surface area contributed by atoms with Gasteiger partial charge in [-0.1, -0.05) is 28.1 Å². The van der Waals surface area contributed by atoms with Crippen molar-refractivity contribution in [1.82, 2.24) is 10.2 Å². The van der Waals surface area contributed by atoms with Crippen LogP contribution in [-0.4, -0.2) is 46.9 Å². The van der Waals surface area contributed by atoms with Crippen LogP contribution in [0.5, 0.6) is 0 Å². The smallest absolute Gasteiger partial charge is 0.411 e. The molecule has 6 nitrogen and oxygen atoms in total. The Labute approximate surface area is 167 Å². The van der Waals surface area contributed by atoms with E-state index in [1.165, 1.54) is 0 Å². The second-order valence-corrected chi connectivity index (χ2v) is 9.26. The van der Waals surface area contributed by atoms with Crippen molar-refractivity contribution in [2.45, 2.75) is 51.2 Å². The maximum Gasteiger partial charge on any atom is 0.411 e. The number of hydrogen-bond donors (Lipinski definition) is 1. The van der Waals surface area contributed by atoms with Crippen LogP contribution in [0.1, 0.15) is 50.4 Å². The lowest BCUT2D eigenvalue weighted by molar-refractivity contribution is -0.131. The van der Waals surface area contributed by atoms with E-state index in [1.807, 2.05) is 20.8 Å². The van der Waals surface area contributed by atoms with Gasteiger partial charge >= 0.3 is 6.09 Å². The second-order valence-electron chi connectivity index (χ2n) is 8.34. The Kier molecular flexibility index (Phi) is 5.34. The minimum atomic E-state index is -0.896. The topological polar surface area (TPSA) is 75.7 Å². The Morgan fingerprint density at radius 3 is 2.52 bits per heavy atom. The molecule has 1 aromatic rings. The van der Waals surface area contributed by atoms with Crippen LogP contribution in [-0.2, 0) is 9.53 Å². The molecule has 2 unspecified atom stereocenters. The maximum absolute atomic E-state index is 13.0. The van der Waals surface area contributed by atoms with Gasteiger partial charge in [-0.2, -0.15) is 0 Å². The highest BCUT2D eigenvalue weighted by atomic mass is 79.9. The van der Waals surface area contributed by atoms with Crippen molar-refractivity contribution in [2.24, 2.45) is 5.92 Å². The van der Waals surface area contributed by atoms with E-state index in [1.54, 1.807) is 29.2 Å². The van der Waals surface area contributed by atoms with Gasteiger partial charge in [0.15, 0.2) is 5.78 Å². The highest BCUT2D eigenvalue weighted by Gasteiger charge is 2.58. The van der Waals surface area contributed by atoms with Crippen molar-refractivity contribution >= 4 is 33.7 Å². The molecule has 0 aromatic heterocycles. The molecule has 1 N–H and O–H groups in total. The molecule has 1 heterocycles. The molecule has 1 aromatic carbocycles. The van der Waals surface area contributed by atoms with Gasteiger partial charge in [-0.15, -0.1) is 0 Å². The van der Waals surface area contributed by atoms with Gasteiger partial charge in [0.05, 0.1) is 6.54 Å². The first-order valence-electron chi connectivity index (χ1n) is 9.18. The molecule has 7 heteroatoms. The van der Waals surface area contributed by atoms with E-state index < -0.39 is 17.2 Å². The second kappa shape index (κ2) is 7.26. The normalized spacial score (nSPS) is 24.0. The van der Waals surface area contributed by atoms with Crippen LogP contribution in [0.4, 0.5) is 4.79 Å². The van der Waals surface area contributed by atoms with Crippen LogP contribution in [0, 0.1) is 5.92 Å². The van der Waals surface area contributed by atoms with Crippen LogP contribution in [0.2, 0.25) is 0 Å². The number of likely N-dealkylation sites (tertiary alicyclic amines) is 1. The zero-order chi connectivity index (χ0) is 19.8. The van der Waals surface area contributed by atoms with E-state index in [0.717, 1.165) is 10.9 Å². The number of piperidine rings is 1. The highest BCUT2D eigenvalue weighted by Crippen LogP contribution is 2.47. The fourth-order valence-electron chi connectivity index (χ4n) is 3.92. The van der Waals surface area contributed by atoms with Crippen LogP contribution < -0.4 is 5.32 Å². The van der Waals surface area contributed by atoms with Crippen molar-refractivity contribution < 1.29 is 19.1 Å². The number of nitrogens with zero attached hydrogens (tertiary/aromatic N) is 1. The van der Waals surface area contributed by atoms with Gasteiger partial charge in [0.2, 0.25) is 5.91 Å². The molecule has 2 amide bonds. The van der Waals surface area contributed by atoms with Crippen LogP contribution in [0.3, 0.4) is 0 Å². The molecule has 3 rings (SSSR count). The third-order valence-corrected chi connectivity index (χ3v) is 5.69. The van der Waals surface area contributed by atoms with Gasteiger partial charge in [-0.05, 0) is 58.1 Å². The lowest BCUT2D eigenvalue weighted by Crippen LogP contribution is -2.58. The number of fused-ring (bicyclic) bond motifs is 2. The monoisotopic (exact) mass is 436 g/mol. The predicted molar refractivity (Wildman–Crippen MR) is 104 cm³/mol. The average molecular weight is 437 g/mol. The minimum absolute atomic E-state index is 0.0883. The highest BCUT2D eigenvalue weighted by molar-refractivity contribution is 9.10. The summed E-state index contributed by atoms with van der Waals surface area (Å²) in [5, 5.41) is 2.75. The zero-order valence-electron chi connectivity index (χ0n) is 15.9. The summed E-state index contributed by atoms with van der Waals surface area (Å²) in [6, 6.07) is 7.00. The van der Waals surface area contributed by atoms with Crippen LogP contribution in [0.25, 0.3) is 0 Å². The molecular weight excluding hydrogens is 412 g/mol. The van der Waals surface area contributed by atoms with Crippen molar-refractivity contribution in [3.05, 3.63) is 34.3 Å². The van der Waals surface area contributed by atoms with Gasteiger partial charge in [-0.25, -0.2) is 4.79 Å². The van der Waals surface area contributed by atoms with Gasteiger partial charge in [0.1, 0.15) is 11.1 Å². The summed E-state index contributed by atoms with van der Waals surface area (Å²) in [6.07, 6.45) is 1.69. The fraction of sp³-hybridized carbons (Fsp3) is 0.550. The Bertz CT molecular complexity index is 756. The van der Waals surface area contributed by atoms with E-state index in [0.29, 0.717) is 30.9 Å². The van der Waals surface area contributed by atoms with Crippen LogP contribution in [0.15, 0.2) is 28.7 Å². The van der Waals surface area contributed by atoms with Crippen molar-refractivity contribution in [3.8, 4) is 0 Å². The fourth-order valence-corrected chi connectivity index (χ4v) is 4.18. The number of halogens is 1. The molecule has 1 saturated carbocycles. The summed E-state index contributed by atoms with van der Waals surface area (Å²) in [5.74, 6) is -0.118. The Balaban J connectivity index is 1.67. The maximum atomic E-state index is 13.0.